The van der Waals surface area contributed by atoms with Crippen LogP contribution in [0.2, 0.25) is 0 Å². The third-order valence-corrected chi connectivity index (χ3v) is 26.2. The number of carbonyl (C=O) groups is 4. The monoisotopic (exact) mass is 2630 g/mol. The van der Waals surface area contributed by atoms with Crippen molar-refractivity contribution in [3.8, 4) is 45.0 Å². The summed E-state index contributed by atoms with van der Waals surface area (Å²) >= 11 is 0. The fourth-order valence-electron chi connectivity index (χ4n) is 17.7. The summed E-state index contributed by atoms with van der Waals surface area (Å²) in [5, 5.41) is 42.1. The van der Waals surface area contributed by atoms with Crippen molar-refractivity contribution in [1.82, 2.24) is 19.9 Å². The maximum atomic E-state index is 11.0. The van der Waals surface area contributed by atoms with Gasteiger partial charge >= 0.3 is 0 Å². The van der Waals surface area contributed by atoms with E-state index in [1.165, 1.54) is 228 Å². The maximum absolute atomic E-state index is 11.0. The molecule has 0 aliphatic heterocycles. The number of aliphatic hydroxyl groups excluding tert-OH is 4. The molecule has 0 bridgehead atoms. The number of allylic oxidation sites excluding steroid dienone is 8. The fourth-order valence-corrected chi connectivity index (χ4v) is 17.7. The summed E-state index contributed by atoms with van der Waals surface area (Å²) in [6.45, 7) is 46.2. The van der Waals surface area contributed by atoms with Crippen molar-refractivity contribution in [3.05, 3.63) is 308 Å². The van der Waals surface area contributed by atoms with Crippen LogP contribution in [0.3, 0.4) is 0 Å². The van der Waals surface area contributed by atoms with Gasteiger partial charge in [0.1, 0.15) is 0 Å². The van der Waals surface area contributed by atoms with Crippen molar-refractivity contribution >= 4 is 66.7 Å². The molecule has 4 heterocycles. The first kappa shape index (κ1) is 123. The standard InChI is InChI=1S/C24H26N.C23H24N.C22H22N.C21H20N.4C9H16O2.4Ir/c1-17-14-18(2)16-20(15-17)23-13-12-22-21(10-7-11-24(22)25-23)19-8-5-3-4-6-9-19;1-16-13-17(2)15-19(14-16)22-12-11-21-20(9-6-10-23(21)24-22)18-7-4-3-5-8-18;1-15-12-16(2)14-18(13-15)21-11-10-20-19(17-6-3-4-7-17)8-5-9-22(20)23-21;1-14-11-15(2)13-17(12-14)20-10-9-19-18(16-5-3-6-16)7-4-8-21(19)22-20;4*1-6(2)8(10)5-9(11)7(3)4;;;;/h7,10-15,19H,3-6,8-9H2,1-2H3;6,9-14,18H,3-5,7-8H2,1-2H3;5,8-13,17H,3-4,6-7H2,1-2H3;4,7-12,16H,3,5-6H2,1-2H3;4*5-7,10H,1-4H3;;;;/q4*-1;;;;;;;;. The normalized spacial score (nSPS) is 14.3. The van der Waals surface area contributed by atoms with Crippen LogP contribution in [0.25, 0.3) is 88.6 Å². The van der Waals surface area contributed by atoms with Crippen molar-refractivity contribution in [2.45, 2.75) is 305 Å². The van der Waals surface area contributed by atoms with Crippen LogP contribution in [0, 0.1) is 127 Å². The predicted molar refractivity (Wildman–Crippen MR) is 578 cm³/mol. The number of ketones is 4. The number of fused-ring (bicyclic) bond motifs is 4. The number of aryl methyl sites for hydroxylation is 8. The van der Waals surface area contributed by atoms with Gasteiger partial charge in [0.05, 0.1) is 45.1 Å². The largest absolute Gasteiger partial charge is 0.512 e. The first-order chi connectivity index (χ1) is 65.6. The number of aromatic nitrogens is 4. The zero-order valence-corrected chi connectivity index (χ0v) is 98.3. The van der Waals surface area contributed by atoms with E-state index in [9.17, 15) is 39.6 Å². The summed E-state index contributed by atoms with van der Waals surface area (Å²) < 4.78 is 0. The SMILES string of the molecule is CC(C)C(=O)C=C(O)C(C)C.CC(C)C(=O)C=C(O)C(C)C.CC(C)C(=O)C=C(O)C(C)C.CC(C)C(=O)C=C(O)C(C)C.Cc1[c-]c(-c2ccc3c(C4CCC4)cccc3n2)cc(C)c1.Cc1[c-]c(-c2ccc3c(C4CCCC4)cccc3n2)cc(C)c1.Cc1[c-]c(-c2ccc3c(C4CCCCC4)cccc3n2)cc(C)c1.Cc1[c-]c(-c2ccc3c(C4CCCCCC4)cccc3n2)cc(C)c1.[Ir].[Ir].[Ir].[Ir]. The Bertz CT molecular complexity index is 5990. The minimum Gasteiger partial charge on any atom is -0.512 e. The average Bonchev–Trinajstić information content (AvgIpc) is 1.07. The molecule has 16 heteroatoms. The summed E-state index contributed by atoms with van der Waals surface area (Å²) in [5.74, 6) is 3.52. The second-order valence-corrected chi connectivity index (χ2v) is 41.2. The van der Waals surface area contributed by atoms with Crippen LogP contribution in [-0.4, -0.2) is 63.5 Å². The molecular formula is C126H156Ir4N4O8-4. The van der Waals surface area contributed by atoms with Gasteiger partial charge in [-0.15, -0.1) is 140 Å². The van der Waals surface area contributed by atoms with Crippen molar-refractivity contribution in [3.63, 3.8) is 0 Å². The van der Waals surface area contributed by atoms with Gasteiger partial charge in [0, 0.05) is 174 Å². The van der Waals surface area contributed by atoms with Crippen LogP contribution in [-0.2, 0) is 99.6 Å². The predicted octanol–water partition coefficient (Wildman–Crippen LogP) is 33.9. The van der Waals surface area contributed by atoms with Gasteiger partial charge in [-0.2, -0.15) is 0 Å². The molecule has 0 atom stereocenters. The van der Waals surface area contributed by atoms with E-state index >= 15 is 0 Å². The Balaban J connectivity index is 0.000000292. The zero-order chi connectivity index (χ0) is 101. The van der Waals surface area contributed by atoms with Crippen LogP contribution >= 0.6 is 0 Å². The number of aliphatic hydroxyl groups is 4. The van der Waals surface area contributed by atoms with E-state index < -0.39 is 0 Å². The number of pyridine rings is 4. The molecular weight excluding hydrogens is 2470 g/mol. The average molecular weight is 2620 g/mol. The van der Waals surface area contributed by atoms with Gasteiger partial charge in [-0.1, -0.05) is 327 Å². The Morgan fingerprint density at radius 3 is 0.606 bits per heavy atom. The summed E-state index contributed by atoms with van der Waals surface area (Å²) in [7, 11) is 0. The van der Waals surface area contributed by atoms with Crippen molar-refractivity contribution in [2.75, 3.05) is 0 Å². The van der Waals surface area contributed by atoms with E-state index in [0.717, 1.165) is 78.9 Å². The van der Waals surface area contributed by atoms with Gasteiger partial charge in [0.15, 0.2) is 23.1 Å². The maximum Gasteiger partial charge on any atom is 0.161 e. The second kappa shape index (κ2) is 60.7. The minimum absolute atomic E-state index is 0. The van der Waals surface area contributed by atoms with E-state index in [4.69, 9.17) is 19.9 Å². The Morgan fingerprint density at radius 2 is 0.437 bits per heavy atom. The van der Waals surface area contributed by atoms with Crippen LogP contribution in [0.4, 0.5) is 0 Å². The Morgan fingerprint density at radius 1 is 0.254 bits per heavy atom. The number of hydrogen-bond donors (Lipinski definition) is 4. The third kappa shape index (κ3) is 38.0. The summed E-state index contributed by atoms with van der Waals surface area (Å²) in [5.41, 5.74) is 28.6. The van der Waals surface area contributed by atoms with Gasteiger partial charge in [-0.25, -0.2) is 0 Å². The van der Waals surface area contributed by atoms with Gasteiger partial charge in [0.25, 0.3) is 0 Å². The molecule has 0 spiro atoms. The molecule has 4 aromatic heterocycles. The molecule has 0 unspecified atom stereocenters. The molecule has 8 aromatic carbocycles. The second-order valence-electron chi connectivity index (χ2n) is 41.2. The van der Waals surface area contributed by atoms with E-state index in [-0.39, 0.29) is 174 Å². The number of carbonyl (C=O) groups excluding carboxylic acids is 4. The smallest absolute Gasteiger partial charge is 0.161 e. The molecule has 4 aliphatic carbocycles. The Hall–Kier alpha value is -9.16. The van der Waals surface area contributed by atoms with E-state index in [1.807, 2.05) is 111 Å². The fraction of sp³-hybridized carbons (Fsp3) is 0.429. The molecule has 4 radical (unpaired) electrons. The first-order valence-electron chi connectivity index (χ1n) is 51.0. The number of benzene rings is 8. The number of hydrogen-bond acceptors (Lipinski definition) is 12. The van der Waals surface area contributed by atoms with Crippen LogP contribution in [0.1, 0.15) is 317 Å². The Kier molecular flexibility index (Phi) is 52.7. The van der Waals surface area contributed by atoms with Crippen molar-refractivity contribution in [2.24, 2.45) is 47.3 Å². The van der Waals surface area contributed by atoms with E-state index in [2.05, 4.69) is 250 Å². The first-order valence-corrected chi connectivity index (χ1v) is 51.0. The minimum atomic E-state index is -0.0316. The molecule has 4 fully saturated rings. The molecule has 0 amide bonds. The molecule has 12 aromatic rings. The molecule has 4 N–H and O–H groups in total. The molecule has 16 rings (SSSR count). The molecule has 0 saturated heterocycles. The molecule has 12 nitrogen and oxygen atoms in total. The van der Waals surface area contributed by atoms with Crippen LogP contribution < -0.4 is 0 Å². The van der Waals surface area contributed by atoms with Gasteiger partial charge in [-0.05, 0) is 144 Å². The van der Waals surface area contributed by atoms with E-state index in [0.29, 0.717) is 11.8 Å². The van der Waals surface area contributed by atoms with Gasteiger partial charge in [-0.3, -0.25) is 39.1 Å². The summed E-state index contributed by atoms with van der Waals surface area (Å²) in [6, 6.07) is 75.2. The number of nitrogens with zero attached hydrogens (tertiary/aromatic N) is 4. The van der Waals surface area contributed by atoms with E-state index in [1.54, 1.807) is 0 Å². The molecule has 142 heavy (non-hydrogen) atoms. The van der Waals surface area contributed by atoms with Crippen molar-refractivity contribution < 1.29 is 120 Å². The molecule has 768 valence electrons. The molecule has 4 aliphatic rings. The summed E-state index contributed by atoms with van der Waals surface area (Å²) in [6.07, 6.45) is 29.6. The van der Waals surface area contributed by atoms with Crippen LogP contribution in [0.15, 0.2) is 217 Å². The van der Waals surface area contributed by atoms with Crippen molar-refractivity contribution in [1.29, 1.82) is 0 Å². The molecule has 4 saturated carbocycles. The summed E-state index contributed by atoms with van der Waals surface area (Å²) in [4.78, 5) is 63.8. The van der Waals surface area contributed by atoms with Crippen LogP contribution in [0.5, 0.6) is 0 Å². The third-order valence-electron chi connectivity index (χ3n) is 26.2. The topological polar surface area (TPSA) is 201 Å². The number of rotatable bonds is 20. The van der Waals surface area contributed by atoms with Gasteiger partial charge < -0.3 is 20.4 Å². The Labute approximate surface area is 905 Å². The zero-order valence-electron chi connectivity index (χ0n) is 88.7. The van der Waals surface area contributed by atoms with Gasteiger partial charge in [0.2, 0.25) is 0 Å². The quantitative estimate of drug-likeness (QED) is 0.0244.